The number of carboxylic acid groups (broad SMARTS) is 1. The monoisotopic (exact) mass is 364 g/mol. The summed E-state index contributed by atoms with van der Waals surface area (Å²) >= 11 is 0. The Hall–Kier alpha value is -2.42. The molecule has 0 amide bonds. The Kier molecular flexibility index (Phi) is 5.78. The average Bonchev–Trinajstić information content (AvgIpc) is 2.59. The molecule has 0 aliphatic heterocycles. The second-order valence-corrected chi connectivity index (χ2v) is 7.26. The van der Waals surface area contributed by atoms with Crippen molar-refractivity contribution >= 4 is 16.0 Å². The van der Waals surface area contributed by atoms with Crippen LogP contribution >= 0.6 is 0 Å². The molecule has 0 saturated heterocycles. The van der Waals surface area contributed by atoms with Gasteiger partial charge >= 0.3 is 5.97 Å². The standard InChI is InChI=1S/C17H20N2O5S/c1-11-3-9-14(10-4-11)25(22,23)19-16(15(18)17(20)21)12-5-7-13(24-2)8-6-12/h3-10,15-16,19H,18H2,1-2H3,(H,20,21)/t15-,16+/m1/s1. The molecular weight excluding hydrogens is 344 g/mol. The predicted molar refractivity (Wildman–Crippen MR) is 92.8 cm³/mol. The van der Waals surface area contributed by atoms with Crippen molar-refractivity contribution in [3.8, 4) is 5.75 Å². The zero-order chi connectivity index (χ0) is 18.6. The summed E-state index contributed by atoms with van der Waals surface area (Å²) in [4.78, 5) is 11.4. The van der Waals surface area contributed by atoms with Gasteiger partial charge in [0.1, 0.15) is 11.8 Å². The minimum absolute atomic E-state index is 0.0363. The van der Waals surface area contributed by atoms with E-state index in [1.807, 2.05) is 6.92 Å². The summed E-state index contributed by atoms with van der Waals surface area (Å²) in [6.07, 6.45) is 0. The van der Waals surface area contributed by atoms with Crippen molar-refractivity contribution in [2.75, 3.05) is 7.11 Å². The second-order valence-electron chi connectivity index (χ2n) is 5.55. The number of carboxylic acids is 1. The zero-order valence-corrected chi connectivity index (χ0v) is 14.7. The van der Waals surface area contributed by atoms with Crippen LogP contribution in [0.3, 0.4) is 0 Å². The number of carbonyl (C=O) groups is 1. The molecule has 0 aliphatic carbocycles. The Labute approximate surface area is 146 Å². The number of rotatable bonds is 7. The first-order chi connectivity index (χ1) is 11.7. The number of aryl methyl sites for hydroxylation is 1. The third-order valence-corrected chi connectivity index (χ3v) is 5.19. The van der Waals surface area contributed by atoms with E-state index >= 15 is 0 Å². The fraction of sp³-hybridized carbons (Fsp3) is 0.235. The quantitative estimate of drug-likeness (QED) is 0.684. The lowest BCUT2D eigenvalue weighted by Crippen LogP contribution is -2.45. The van der Waals surface area contributed by atoms with Gasteiger partial charge in [-0.1, -0.05) is 29.8 Å². The smallest absolute Gasteiger partial charge is 0.322 e. The highest BCUT2D eigenvalue weighted by Crippen LogP contribution is 2.23. The summed E-state index contributed by atoms with van der Waals surface area (Å²) in [5, 5.41) is 9.23. The second kappa shape index (κ2) is 7.64. The third kappa shape index (κ3) is 4.56. The molecule has 134 valence electrons. The topological polar surface area (TPSA) is 119 Å². The lowest BCUT2D eigenvalue weighted by molar-refractivity contribution is -0.139. The number of nitrogens with one attached hydrogen (secondary N) is 1. The lowest BCUT2D eigenvalue weighted by atomic mass is 10.0. The van der Waals surface area contributed by atoms with Crippen molar-refractivity contribution in [3.05, 3.63) is 59.7 Å². The van der Waals surface area contributed by atoms with E-state index in [-0.39, 0.29) is 4.90 Å². The summed E-state index contributed by atoms with van der Waals surface area (Å²) < 4.78 is 32.6. The van der Waals surface area contributed by atoms with Crippen LogP contribution < -0.4 is 15.2 Å². The normalized spacial score (nSPS) is 13.9. The summed E-state index contributed by atoms with van der Waals surface area (Å²) in [5.74, 6) is -0.750. The fourth-order valence-corrected chi connectivity index (χ4v) is 3.50. The van der Waals surface area contributed by atoms with Crippen molar-refractivity contribution in [1.29, 1.82) is 0 Å². The van der Waals surface area contributed by atoms with E-state index in [9.17, 15) is 18.3 Å². The van der Waals surface area contributed by atoms with E-state index in [1.54, 1.807) is 36.4 Å². The highest BCUT2D eigenvalue weighted by molar-refractivity contribution is 7.89. The van der Waals surface area contributed by atoms with Gasteiger partial charge in [0.25, 0.3) is 0 Å². The molecule has 0 spiro atoms. The Balaban J connectivity index is 2.38. The van der Waals surface area contributed by atoms with E-state index in [1.165, 1.54) is 19.2 Å². The van der Waals surface area contributed by atoms with Crippen LogP contribution in [0.15, 0.2) is 53.4 Å². The largest absolute Gasteiger partial charge is 0.497 e. The van der Waals surface area contributed by atoms with E-state index in [4.69, 9.17) is 10.5 Å². The van der Waals surface area contributed by atoms with Crippen molar-refractivity contribution in [1.82, 2.24) is 4.72 Å². The minimum atomic E-state index is -3.94. The van der Waals surface area contributed by atoms with E-state index in [0.29, 0.717) is 11.3 Å². The average molecular weight is 364 g/mol. The highest BCUT2D eigenvalue weighted by Gasteiger charge is 2.30. The van der Waals surface area contributed by atoms with E-state index in [0.717, 1.165) is 5.56 Å². The Morgan fingerprint density at radius 2 is 1.68 bits per heavy atom. The maximum atomic E-state index is 12.6. The highest BCUT2D eigenvalue weighted by atomic mass is 32.2. The maximum Gasteiger partial charge on any atom is 0.322 e. The van der Waals surface area contributed by atoms with Gasteiger partial charge in [-0.2, -0.15) is 0 Å². The molecule has 4 N–H and O–H groups in total. The van der Waals surface area contributed by atoms with Gasteiger partial charge in [0, 0.05) is 0 Å². The summed E-state index contributed by atoms with van der Waals surface area (Å²) in [6, 6.07) is 10.0. The first-order valence-corrected chi connectivity index (χ1v) is 8.94. The number of hydrogen-bond donors (Lipinski definition) is 3. The number of ether oxygens (including phenoxy) is 1. The molecule has 2 rings (SSSR count). The van der Waals surface area contributed by atoms with E-state index in [2.05, 4.69) is 4.72 Å². The molecule has 0 saturated carbocycles. The lowest BCUT2D eigenvalue weighted by Gasteiger charge is -2.23. The van der Waals surface area contributed by atoms with Crippen LogP contribution in [0.25, 0.3) is 0 Å². The van der Waals surface area contributed by atoms with Crippen molar-refractivity contribution in [2.45, 2.75) is 23.9 Å². The van der Waals surface area contributed by atoms with Gasteiger partial charge in [-0.05, 0) is 36.8 Å². The molecule has 0 unspecified atom stereocenters. The third-order valence-electron chi connectivity index (χ3n) is 3.73. The Morgan fingerprint density at radius 3 is 2.16 bits per heavy atom. The van der Waals surface area contributed by atoms with Gasteiger partial charge in [0.05, 0.1) is 18.0 Å². The van der Waals surface area contributed by atoms with Gasteiger partial charge in [0.2, 0.25) is 10.0 Å². The Bertz CT molecular complexity index is 832. The van der Waals surface area contributed by atoms with Crippen LogP contribution in [0, 0.1) is 6.92 Å². The molecule has 0 heterocycles. The van der Waals surface area contributed by atoms with E-state index < -0.39 is 28.1 Å². The van der Waals surface area contributed by atoms with Crippen LogP contribution in [0.2, 0.25) is 0 Å². The number of hydrogen-bond acceptors (Lipinski definition) is 5. The van der Waals surface area contributed by atoms with Crippen LogP contribution in [-0.2, 0) is 14.8 Å². The molecule has 2 aromatic carbocycles. The first kappa shape index (κ1) is 18.9. The van der Waals surface area contributed by atoms with Gasteiger partial charge < -0.3 is 15.6 Å². The molecule has 2 aromatic rings. The van der Waals surface area contributed by atoms with Crippen LogP contribution in [0.4, 0.5) is 0 Å². The van der Waals surface area contributed by atoms with Gasteiger partial charge in [0.15, 0.2) is 0 Å². The molecule has 0 radical (unpaired) electrons. The summed E-state index contributed by atoms with van der Waals surface area (Å²) in [6.45, 7) is 1.84. The van der Waals surface area contributed by atoms with Gasteiger partial charge in [-0.3, -0.25) is 4.79 Å². The summed E-state index contributed by atoms with van der Waals surface area (Å²) in [7, 11) is -2.45. The fourth-order valence-electron chi connectivity index (χ4n) is 2.26. The molecule has 0 bridgehead atoms. The first-order valence-electron chi connectivity index (χ1n) is 7.46. The minimum Gasteiger partial charge on any atom is -0.497 e. The number of benzene rings is 2. The van der Waals surface area contributed by atoms with Gasteiger partial charge in [-0.25, -0.2) is 13.1 Å². The SMILES string of the molecule is COc1ccc([C@H](NS(=O)(=O)c2ccc(C)cc2)[C@@H](N)C(=O)O)cc1. The van der Waals surface area contributed by atoms with Crippen molar-refractivity contribution in [2.24, 2.45) is 5.73 Å². The summed E-state index contributed by atoms with van der Waals surface area (Å²) in [5.41, 5.74) is 7.05. The zero-order valence-electron chi connectivity index (χ0n) is 13.8. The van der Waals surface area contributed by atoms with Crippen LogP contribution in [0.1, 0.15) is 17.2 Å². The van der Waals surface area contributed by atoms with Crippen LogP contribution in [-0.4, -0.2) is 32.6 Å². The number of aliphatic carboxylic acids is 1. The van der Waals surface area contributed by atoms with Crippen LogP contribution in [0.5, 0.6) is 5.75 Å². The van der Waals surface area contributed by atoms with Crippen molar-refractivity contribution < 1.29 is 23.1 Å². The number of nitrogens with two attached hydrogens (primary N) is 1. The molecular formula is C17H20N2O5S. The molecule has 8 heteroatoms. The number of methoxy groups -OCH3 is 1. The van der Waals surface area contributed by atoms with Gasteiger partial charge in [-0.15, -0.1) is 0 Å². The molecule has 2 atom stereocenters. The molecule has 0 aliphatic rings. The molecule has 7 nitrogen and oxygen atoms in total. The molecule has 25 heavy (non-hydrogen) atoms. The predicted octanol–water partition coefficient (Wildman–Crippen LogP) is 1.44. The maximum absolute atomic E-state index is 12.6. The van der Waals surface area contributed by atoms with Crippen molar-refractivity contribution in [3.63, 3.8) is 0 Å². The molecule has 0 aromatic heterocycles. The Morgan fingerprint density at radius 1 is 1.12 bits per heavy atom. The number of sulfonamides is 1. The molecule has 0 fully saturated rings.